The van der Waals surface area contributed by atoms with Crippen LogP contribution in [0.25, 0.3) is 0 Å². The SMILES string of the molecule is O=S(=O)(O)C(c1ccc(O)cc1)(c1ccc(Cl)cc1Cl)c1cc(Cl)cc(O)c1Cl. The van der Waals surface area contributed by atoms with E-state index in [-0.39, 0.29) is 42.5 Å². The zero-order valence-corrected chi connectivity index (χ0v) is 18.1. The van der Waals surface area contributed by atoms with Crippen LogP contribution in [0.5, 0.6) is 11.5 Å². The average Bonchev–Trinajstić information content (AvgIpc) is 2.61. The first-order chi connectivity index (χ1) is 13.5. The highest BCUT2D eigenvalue weighted by atomic mass is 35.5. The third-order valence-electron chi connectivity index (χ3n) is 4.37. The molecule has 0 aliphatic carbocycles. The van der Waals surface area contributed by atoms with E-state index < -0.39 is 20.6 Å². The summed E-state index contributed by atoms with van der Waals surface area (Å²) in [6, 6.07) is 11.4. The third kappa shape index (κ3) is 3.77. The molecule has 0 aromatic heterocycles. The molecule has 0 aliphatic rings. The lowest BCUT2D eigenvalue weighted by atomic mass is 9.83. The van der Waals surface area contributed by atoms with Gasteiger partial charge in [0.1, 0.15) is 11.5 Å². The maximum atomic E-state index is 13.0. The molecule has 0 heterocycles. The Morgan fingerprint density at radius 2 is 1.38 bits per heavy atom. The Morgan fingerprint density at radius 3 is 1.93 bits per heavy atom. The van der Waals surface area contributed by atoms with Crippen molar-refractivity contribution in [1.82, 2.24) is 0 Å². The van der Waals surface area contributed by atoms with Gasteiger partial charge in [-0.15, -0.1) is 0 Å². The summed E-state index contributed by atoms with van der Waals surface area (Å²) in [5, 5.41) is 19.6. The largest absolute Gasteiger partial charge is 0.508 e. The number of phenolic OH excluding ortho intramolecular Hbond substituents is 2. The van der Waals surface area contributed by atoms with E-state index in [9.17, 15) is 23.2 Å². The molecular weight excluding hydrogens is 482 g/mol. The summed E-state index contributed by atoms with van der Waals surface area (Å²) in [6.07, 6.45) is 0. The summed E-state index contributed by atoms with van der Waals surface area (Å²) in [4.78, 5) is 0. The quantitative estimate of drug-likeness (QED) is 0.311. The van der Waals surface area contributed by atoms with Gasteiger partial charge < -0.3 is 10.2 Å². The smallest absolute Gasteiger partial charge is 0.283 e. The van der Waals surface area contributed by atoms with Crippen molar-refractivity contribution in [1.29, 1.82) is 0 Å². The van der Waals surface area contributed by atoms with Crippen LogP contribution in [-0.2, 0) is 14.9 Å². The van der Waals surface area contributed by atoms with Crippen LogP contribution in [0.15, 0.2) is 54.6 Å². The zero-order chi connectivity index (χ0) is 21.6. The fraction of sp³-hybridized carbons (Fsp3) is 0.0526. The highest BCUT2D eigenvalue weighted by molar-refractivity contribution is 7.87. The predicted octanol–water partition coefficient (Wildman–Crippen LogP) is 5.89. The summed E-state index contributed by atoms with van der Waals surface area (Å²) in [6.45, 7) is 0. The highest BCUT2D eigenvalue weighted by Crippen LogP contribution is 2.51. The van der Waals surface area contributed by atoms with Gasteiger partial charge in [0, 0.05) is 32.3 Å². The van der Waals surface area contributed by atoms with E-state index in [1.54, 1.807) is 0 Å². The zero-order valence-electron chi connectivity index (χ0n) is 14.3. The van der Waals surface area contributed by atoms with Gasteiger partial charge in [-0.3, -0.25) is 4.55 Å². The van der Waals surface area contributed by atoms with Crippen molar-refractivity contribution >= 4 is 56.5 Å². The van der Waals surface area contributed by atoms with Crippen LogP contribution in [-0.4, -0.2) is 23.2 Å². The van der Waals surface area contributed by atoms with Crippen LogP contribution in [0.1, 0.15) is 16.7 Å². The Bertz CT molecular complexity index is 1200. The van der Waals surface area contributed by atoms with E-state index in [2.05, 4.69) is 0 Å². The van der Waals surface area contributed by atoms with E-state index >= 15 is 0 Å². The van der Waals surface area contributed by atoms with Gasteiger partial charge in [-0.05, 0) is 35.9 Å². The Labute approximate surface area is 186 Å². The fourth-order valence-electron chi connectivity index (χ4n) is 3.19. The fourth-order valence-corrected chi connectivity index (χ4v) is 5.64. The molecular formula is C19H12Cl4O5S. The number of halogens is 4. The molecule has 29 heavy (non-hydrogen) atoms. The van der Waals surface area contributed by atoms with Crippen LogP contribution in [0.4, 0.5) is 0 Å². The van der Waals surface area contributed by atoms with E-state index in [0.717, 1.165) is 6.07 Å². The predicted molar refractivity (Wildman–Crippen MR) is 114 cm³/mol. The highest BCUT2D eigenvalue weighted by Gasteiger charge is 2.51. The van der Waals surface area contributed by atoms with Crippen LogP contribution in [0.3, 0.4) is 0 Å². The summed E-state index contributed by atoms with van der Waals surface area (Å²) < 4.78 is 34.0. The molecule has 10 heteroatoms. The summed E-state index contributed by atoms with van der Waals surface area (Å²) in [7, 11) is -5.05. The molecule has 152 valence electrons. The van der Waals surface area contributed by atoms with Crippen LogP contribution in [0, 0.1) is 0 Å². The number of aromatic hydroxyl groups is 2. The van der Waals surface area contributed by atoms with Crippen molar-refractivity contribution in [3.63, 3.8) is 0 Å². The second-order valence-electron chi connectivity index (χ2n) is 6.11. The first kappa shape index (κ1) is 22.0. The Morgan fingerprint density at radius 1 is 0.759 bits per heavy atom. The Kier molecular flexibility index (Phi) is 5.98. The van der Waals surface area contributed by atoms with Gasteiger partial charge in [-0.25, -0.2) is 0 Å². The van der Waals surface area contributed by atoms with E-state index in [1.165, 1.54) is 48.5 Å². The molecule has 0 saturated carbocycles. The molecule has 0 saturated heterocycles. The molecule has 0 aliphatic heterocycles. The lowest BCUT2D eigenvalue weighted by molar-refractivity contribution is 0.455. The molecule has 0 spiro atoms. The van der Waals surface area contributed by atoms with Gasteiger partial charge in [0.25, 0.3) is 10.1 Å². The molecule has 3 rings (SSSR count). The molecule has 0 amide bonds. The summed E-state index contributed by atoms with van der Waals surface area (Å²) in [5.41, 5.74) is -0.326. The number of phenols is 2. The standard InChI is InChI=1S/C19H12Cl4O5S/c20-11-3-6-14(16(22)8-11)19(29(26,27)28,10-1-4-13(24)5-2-10)15-7-12(21)9-17(25)18(15)23/h1-9,24-25H,(H,26,27,28). The lowest BCUT2D eigenvalue weighted by Crippen LogP contribution is -2.38. The molecule has 0 fully saturated rings. The Hall–Kier alpha value is -1.67. The van der Waals surface area contributed by atoms with Crippen molar-refractivity contribution in [2.75, 3.05) is 0 Å². The minimum absolute atomic E-state index is 0.00871. The van der Waals surface area contributed by atoms with Crippen LogP contribution in [0.2, 0.25) is 20.1 Å². The molecule has 1 unspecified atom stereocenters. The number of benzene rings is 3. The minimum atomic E-state index is -5.05. The van der Waals surface area contributed by atoms with Gasteiger partial charge in [0.2, 0.25) is 0 Å². The van der Waals surface area contributed by atoms with Crippen LogP contribution < -0.4 is 0 Å². The second-order valence-corrected chi connectivity index (χ2v) is 9.33. The second kappa shape index (κ2) is 7.87. The lowest BCUT2D eigenvalue weighted by Gasteiger charge is -2.34. The van der Waals surface area contributed by atoms with Gasteiger partial charge in [0.15, 0.2) is 4.75 Å². The molecule has 3 aromatic rings. The summed E-state index contributed by atoms with van der Waals surface area (Å²) in [5.74, 6) is -0.633. The van der Waals surface area contributed by atoms with Gasteiger partial charge in [-0.1, -0.05) is 64.6 Å². The molecule has 0 radical (unpaired) electrons. The monoisotopic (exact) mass is 492 g/mol. The number of rotatable bonds is 4. The third-order valence-corrected chi connectivity index (χ3v) is 6.98. The average molecular weight is 494 g/mol. The Balaban J connectivity index is 2.61. The number of hydrogen-bond donors (Lipinski definition) is 3. The van der Waals surface area contributed by atoms with Crippen molar-refractivity contribution in [3.05, 3.63) is 91.4 Å². The van der Waals surface area contributed by atoms with Crippen LogP contribution >= 0.6 is 46.4 Å². The minimum Gasteiger partial charge on any atom is -0.508 e. The van der Waals surface area contributed by atoms with Crippen molar-refractivity contribution in [3.8, 4) is 11.5 Å². The van der Waals surface area contributed by atoms with Crippen molar-refractivity contribution in [2.45, 2.75) is 4.75 Å². The maximum Gasteiger partial charge on any atom is 0.283 e. The van der Waals surface area contributed by atoms with Crippen molar-refractivity contribution < 1.29 is 23.2 Å². The normalized spacial score (nSPS) is 13.8. The van der Waals surface area contributed by atoms with Gasteiger partial charge in [-0.2, -0.15) is 8.42 Å². The van der Waals surface area contributed by atoms with Crippen molar-refractivity contribution in [2.24, 2.45) is 0 Å². The van der Waals surface area contributed by atoms with E-state index in [4.69, 9.17) is 46.4 Å². The first-order valence-electron chi connectivity index (χ1n) is 7.89. The molecule has 3 aromatic carbocycles. The maximum absolute atomic E-state index is 13.0. The van der Waals surface area contributed by atoms with Gasteiger partial charge in [0.05, 0.1) is 5.02 Å². The molecule has 1 atom stereocenters. The topological polar surface area (TPSA) is 94.8 Å². The molecule has 3 N–H and O–H groups in total. The molecule has 0 bridgehead atoms. The number of hydrogen-bond acceptors (Lipinski definition) is 4. The first-order valence-corrected chi connectivity index (χ1v) is 10.8. The van der Waals surface area contributed by atoms with E-state index in [0.29, 0.717) is 0 Å². The molecule has 5 nitrogen and oxygen atoms in total. The van der Waals surface area contributed by atoms with Gasteiger partial charge >= 0.3 is 0 Å². The summed E-state index contributed by atoms with van der Waals surface area (Å²) >= 11 is 24.6. The van der Waals surface area contributed by atoms with E-state index in [1.807, 2.05) is 0 Å².